The van der Waals surface area contributed by atoms with Gasteiger partial charge in [0.05, 0.1) is 11.9 Å². The number of nitrogens with zero attached hydrogens (tertiary/aromatic N) is 4. The zero-order valence-corrected chi connectivity index (χ0v) is 17.2. The van der Waals surface area contributed by atoms with Crippen LogP contribution in [0.5, 0.6) is 0 Å². The van der Waals surface area contributed by atoms with Gasteiger partial charge in [-0.05, 0) is 23.8 Å². The molecule has 3 N–H and O–H groups in total. The zero-order valence-electron chi connectivity index (χ0n) is 17.2. The topological polar surface area (TPSA) is 118 Å². The lowest BCUT2D eigenvalue weighted by Gasteiger charge is -2.19. The Morgan fingerprint density at radius 2 is 1.97 bits per heavy atom. The van der Waals surface area contributed by atoms with Gasteiger partial charge < -0.3 is 15.6 Å². The summed E-state index contributed by atoms with van der Waals surface area (Å²) in [5, 5.41) is 10.8. The van der Waals surface area contributed by atoms with Crippen molar-refractivity contribution in [3.05, 3.63) is 67.0 Å². The molecule has 4 aromatic rings. The fourth-order valence-corrected chi connectivity index (χ4v) is 3.22. The Labute approximate surface area is 178 Å². The lowest BCUT2D eigenvalue weighted by molar-refractivity contribution is -0.128. The van der Waals surface area contributed by atoms with Crippen molar-refractivity contribution in [2.45, 2.75) is 26.3 Å². The first-order valence-corrected chi connectivity index (χ1v) is 9.98. The van der Waals surface area contributed by atoms with Crippen LogP contribution in [0.1, 0.15) is 19.4 Å². The average Bonchev–Trinajstić information content (AvgIpc) is 3.44. The number of carbonyl (C=O) groups is 2. The third-order valence-electron chi connectivity index (χ3n) is 4.93. The van der Waals surface area contributed by atoms with Crippen LogP contribution in [0.15, 0.2) is 61.4 Å². The lowest BCUT2D eigenvalue weighted by atomic mass is 10.0. The van der Waals surface area contributed by atoms with Gasteiger partial charge in [-0.3, -0.25) is 9.59 Å². The van der Waals surface area contributed by atoms with Crippen molar-refractivity contribution >= 4 is 28.4 Å². The summed E-state index contributed by atoms with van der Waals surface area (Å²) in [6, 6.07) is 10.6. The molecule has 1 aromatic carbocycles. The van der Waals surface area contributed by atoms with Gasteiger partial charge in [-0.15, -0.1) is 0 Å². The summed E-state index contributed by atoms with van der Waals surface area (Å²) in [6.07, 6.45) is 6.74. The first kappa shape index (κ1) is 20.3. The van der Waals surface area contributed by atoms with Crippen LogP contribution in [-0.2, 0) is 16.0 Å². The molecule has 0 radical (unpaired) electrons. The van der Waals surface area contributed by atoms with Crippen LogP contribution >= 0.6 is 0 Å². The number of rotatable bonds is 7. The third kappa shape index (κ3) is 4.61. The molecule has 0 fully saturated rings. The summed E-state index contributed by atoms with van der Waals surface area (Å²) in [6.45, 7) is 3.59. The number of H-pyrrole nitrogens is 1. The summed E-state index contributed by atoms with van der Waals surface area (Å²) in [4.78, 5) is 36.8. The molecule has 0 saturated carbocycles. The van der Waals surface area contributed by atoms with Crippen molar-refractivity contribution in [2.24, 2.45) is 5.92 Å². The van der Waals surface area contributed by atoms with Crippen LogP contribution < -0.4 is 10.6 Å². The second kappa shape index (κ2) is 8.78. The van der Waals surface area contributed by atoms with E-state index in [1.807, 2.05) is 30.5 Å². The summed E-state index contributed by atoms with van der Waals surface area (Å²) in [5.74, 6) is -0.143. The normalized spacial score (nSPS) is 12.1. The van der Waals surface area contributed by atoms with Gasteiger partial charge in [0.1, 0.15) is 18.7 Å². The number of pyridine rings is 1. The molecule has 2 amide bonds. The second-order valence-electron chi connectivity index (χ2n) is 7.51. The molecule has 0 saturated heterocycles. The quantitative estimate of drug-likeness (QED) is 0.427. The highest BCUT2D eigenvalue weighted by atomic mass is 16.2. The van der Waals surface area contributed by atoms with Gasteiger partial charge in [0, 0.05) is 29.4 Å². The van der Waals surface area contributed by atoms with Gasteiger partial charge in [0.2, 0.25) is 11.8 Å². The molecule has 1 atom stereocenters. The summed E-state index contributed by atoms with van der Waals surface area (Å²) in [5.41, 5.74) is 2.47. The summed E-state index contributed by atoms with van der Waals surface area (Å²) < 4.78 is 1.52. The van der Waals surface area contributed by atoms with Crippen LogP contribution in [0.2, 0.25) is 0 Å². The molecule has 9 nitrogen and oxygen atoms in total. The zero-order chi connectivity index (χ0) is 21.8. The van der Waals surface area contributed by atoms with E-state index in [-0.39, 0.29) is 17.7 Å². The van der Waals surface area contributed by atoms with E-state index in [0.29, 0.717) is 17.9 Å². The van der Waals surface area contributed by atoms with Crippen molar-refractivity contribution in [2.75, 3.05) is 5.32 Å². The van der Waals surface area contributed by atoms with Crippen LogP contribution in [0, 0.1) is 5.92 Å². The van der Waals surface area contributed by atoms with Gasteiger partial charge in [0.15, 0.2) is 5.82 Å². The van der Waals surface area contributed by atoms with Crippen LogP contribution in [0.3, 0.4) is 0 Å². The molecule has 0 bridgehead atoms. The Kier molecular flexibility index (Phi) is 5.74. The maximum Gasteiger partial charge on any atom is 0.247 e. The number of benzene rings is 1. The van der Waals surface area contributed by atoms with Crippen LogP contribution in [-0.4, -0.2) is 42.6 Å². The SMILES string of the molecule is CC(C)C(=O)N[C@H](Cc1c[nH]c2ccccc12)C(=O)Nc1ccc(-n2cncn2)nc1. The summed E-state index contributed by atoms with van der Waals surface area (Å²) in [7, 11) is 0. The van der Waals surface area contributed by atoms with Crippen molar-refractivity contribution in [1.29, 1.82) is 0 Å². The molecule has 0 aliphatic heterocycles. The van der Waals surface area contributed by atoms with E-state index in [1.165, 1.54) is 11.0 Å². The van der Waals surface area contributed by atoms with Crippen molar-refractivity contribution in [1.82, 2.24) is 30.0 Å². The number of amides is 2. The molecule has 31 heavy (non-hydrogen) atoms. The van der Waals surface area contributed by atoms with E-state index < -0.39 is 6.04 Å². The highest BCUT2D eigenvalue weighted by Crippen LogP contribution is 2.20. The minimum absolute atomic E-state index is 0.181. The Balaban J connectivity index is 1.52. The number of hydrogen-bond donors (Lipinski definition) is 3. The number of carbonyl (C=O) groups excluding carboxylic acids is 2. The minimum Gasteiger partial charge on any atom is -0.361 e. The highest BCUT2D eigenvalue weighted by molar-refractivity contribution is 5.98. The molecule has 0 spiro atoms. The lowest BCUT2D eigenvalue weighted by Crippen LogP contribution is -2.46. The van der Waals surface area contributed by atoms with Gasteiger partial charge in [0.25, 0.3) is 0 Å². The number of hydrogen-bond acceptors (Lipinski definition) is 5. The first-order chi connectivity index (χ1) is 15.0. The maximum absolute atomic E-state index is 13.1. The molecule has 158 valence electrons. The van der Waals surface area contributed by atoms with E-state index in [9.17, 15) is 9.59 Å². The Morgan fingerprint density at radius 3 is 2.68 bits per heavy atom. The molecule has 0 aliphatic rings. The maximum atomic E-state index is 13.1. The average molecular weight is 417 g/mol. The van der Waals surface area contributed by atoms with E-state index in [2.05, 4.69) is 30.7 Å². The highest BCUT2D eigenvalue weighted by Gasteiger charge is 2.24. The van der Waals surface area contributed by atoms with Gasteiger partial charge in [-0.2, -0.15) is 5.10 Å². The molecular formula is C22H23N7O2. The predicted molar refractivity (Wildman–Crippen MR) is 117 cm³/mol. The minimum atomic E-state index is -0.732. The smallest absolute Gasteiger partial charge is 0.247 e. The second-order valence-corrected chi connectivity index (χ2v) is 7.51. The molecule has 9 heteroatoms. The third-order valence-corrected chi connectivity index (χ3v) is 4.93. The molecule has 4 rings (SSSR count). The predicted octanol–water partition coefficient (Wildman–Crippen LogP) is 2.47. The molecule has 0 aliphatic carbocycles. The van der Waals surface area contributed by atoms with E-state index in [1.54, 1.807) is 38.5 Å². The Morgan fingerprint density at radius 1 is 1.13 bits per heavy atom. The Hall–Kier alpha value is -4.01. The van der Waals surface area contributed by atoms with E-state index in [0.717, 1.165) is 16.5 Å². The number of aromatic nitrogens is 5. The molecule has 3 aromatic heterocycles. The molecule has 3 heterocycles. The van der Waals surface area contributed by atoms with Gasteiger partial charge >= 0.3 is 0 Å². The van der Waals surface area contributed by atoms with Crippen molar-refractivity contribution < 1.29 is 9.59 Å². The van der Waals surface area contributed by atoms with Gasteiger partial charge in [-0.1, -0.05) is 32.0 Å². The standard InChI is InChI=1S/C22H23N7O2/c1-14(2)21(30)28-19(9-15-10-24-18-6-4-3-5-17(15)18)22(31)27-16-7-8-20(25-11-16)29-13-23-12-26-29/h3-8,10-14,19,24H,9H2,1-2H3,(H,27,31)(H,28,30)/t19-/m1/s1. The number of para-hydroxylation sites is 1. The number of nitrogens with one attached hydrogen (secondary N) is 3. The first-order valence-electron chi connectivity index (χ1n) is 9.98. The fraction of sp³-hybridized carbons (Fsp3) is 0.227. The monoisotopic (exact) mass is 417 g/mol. The van der Waals surface area contributed by atoms with E-state index >= 15 is 0 Å². The number of fused-ring (bicyclic) bond motifs is 1. The van der Waals surface area contributed by atoms with Crippen LogP contribution in [0.4, 0.5) is 5.69 Å². The van der Waals surface area contributed by atoms with E-state index in [4.69, 9.17) is 0 Å². The van der Waals surface area contributed by atoms with Crippen molar-refractivity contribution in [3.8, 4) is 5.82 Å². The number of anilines is 1. The van der Waals surface area contributed by atoms with Crippen LogP contribution in [0.25, 0.3) is 16.7 Å². The van der Waals surface area contributed by atoms with Gasteiger partial charge in [-0.25, -0.2) is 14.6 Å². The summed E-state index contributed by atoms with van der Waals surface area (Å²) >= 11 is 0. The largest absolute Gasteiger partial charge is 0.361 e. The Bertz CT molecular complexity index is 1180. The number of aromatic amines is 1. The fourth-order valence-electron chi connectivity index (χ4n) is 3.22. The molecular weight excluding hydrogens is 394 g/mol. The molecule has 0 unspecified atom stereocenters. The van der Waals surface area contributed by atoms with Crippen molar-refractivity contribution in [3.63, 3.8) is 0 Å².